The first-order valence-electron chi connectivity index (χ1n) is 6.73. The molecule has 0 radical (unpaired) electrons. The number of amides is 1. The average Bonchev–Trinajstić information content (AvgIpc) is 2.50. The Morgan fingerprint density at radius 1 is 1.53 bits per heavy atom. The maximum absolute atomic E-state index is 11.8. The van der Waals surface area contributed by atoms with Crippen LogP contribution in [0.4, 0.5) is 4.79 Å². The number of fused-ring (bicyclic) bond motifs is 1. The van der Waals surface area contributed by atoms with Crippen molar-refractivity contribution in [2.24, 2.45) is 0 Å². The quantitative estimate of drug-likeness (QED) is 0.720. The summed E-state index contributed by atoms with van der Waals surface area (Å²) >= 11 is 0. The van der Waals surface area contributed by atoms with E-state index in [0.29, 0.717) is 19.8 Å². The molecule has 1 unspecified atom stereocenters. The molecule has 19 heavy (non-hydrogen) atoms. The Kier molecular flexibility index (Phi) is 3.77. The van der Waals surface area contributed by atoms with Crippen LogP contribution < -0.4 is 5.32 Å². The van der Waals surface area contributed by atoms with Gasteiger partial charge in [-0.2, -0.15) is 0 Å². The smallest absolute Gasteiger partial charge is 0.408 e. The van der Waals surface area contributed by atoms with Crippen LogP contribution in [0.5, 0.6) is 0 Å². The lowest BCUT2D eigenvalue weighted by Crippen LogP contribution is -2.57. The number of nitrogens with one attached hydrogen (secondary N) is 1. The van der Waals surface area contributed by atoms with Crippen LogP contribution in [0.3, 0.4) is 0 Å². The molecule has 0 saturated carbocycles. The van der Waals surface area contributed by atoms with Crippen LogP contribution in [0.2, 0.25) is 0 Å². The van der Waals surface area contributed by atoms with E-state index in [1.807, 2.05) is 27.7 Å². The Morgan fingerprint density at radius 3 is 2.79 bits per heavy atom. The lowest BCUT2D eigenvalue weighted by Gasteiger charge is -2.40. The number of carbonyl (C=O) groups excluding carboxylic acids is 1. The number of ether oxygens (including phenoxy) is 2. The number of aliphatic hydroxyl groups excluding tert-OH is 1. The molecule has 6 heteroatoms. The molecule has 2 N–H and O–H groups in total. The van der Waals surface area contributed by atoms with E-state index >= 15 is 0 Å². The van der Waals surface area contributed by atoms with Gasteiger partial charge < -0.3 is 19.9 Å². The summed E-state index contributed by atoms with van der Waals surface area (Å²) in [4.78, 5) is 13.9. The third kappa shape index (κ3) is 3.01. The first kappa shape index (κ1) is 14.6. The molecule has 3 atom stereocenters. The largest absolute Gasteiger partial charge is 0.444 e. The van der Waals surface area contributed by atoms with E-state index in [1.54, 1.807) is 0 Å². The zero-order valence-corrected chi connectivity index (χ0v) is 12.1. The summed E-state index contributed by atoms with van der Waals surface area (Å²) in [5, 5.41) is 13.2. The second-order valence-corrected chi connectivity index (χ2v) is 6.55. The third-order valence-electron chi connectivity index (χ3n) is 3.76. The standard InChI is InChI=1S/C13H24N2O4/c1-12(2,3)19-11(17)14-9-7-15-5-6-18-8-13(15,4)10(9)16/h9-10,16H,5-8H2,1-4H3,(H,14,17)/t9-,10+,13?/m0/s1. The molecule has 0 bridgehead atoms. The van der Waals surface area contributed by atoms with Crippen LogP contribution in [-0.4, -0.2) is 65.7 Å². The number of morpholine rings is 1. The predicted octanol–water partition coefficient (Wildman–Crippen LogP) is 0.345. The molecule has 2 aliphatic heterocycles. The minimum Gasteiger partial charge on any atom is -0.444 e. The van der Waals surface area contributed by atoms with Gasteiger partial charge in [-0.15, -0.1) is 0 Å². The first-order chi connectivity index (χ1) is 8.72. The van der Waals surface area contributed by atoms with Crippen LogP contribution >= 0.6 is 0 Å². The molecule has 2 heterocycles. The van der Waals surface area contributed by atoms with Gasteiger partial charge in [-0.3, -0.25) is 4.90 Å². The molecule has 0 spiro atoms. The molecular formula is C13H24N2O4. The topological polar surface area (TPSA) is 71.0 Å². The van der Waals surface area contributed by atoms with Crippen LogP contribution in [0.1, 0.15) is 27.7 Å². The Hall–Kier alpha value is -0.850. The third-order valence-corrected chi connectivity index (χ3v) is 3.76. The van der Waals surface area contributed by atoms with Crippen molar-refractivity contribution in [3.05, 3.63) is 0 Å². The van der Waals surface area contributed by atoms with Crippen molar-refractivity contribution in [3.8, 4) is 0 Å². The number of hydrogen-bond donors (Lipinski definition) is 2. The summed E-state index contributed by atoms with van der Waals surface area (Å²) in [5.41, 5.74) is -0.953. The van der Waals surface area contributed by atoms with Gasteiger partial charge in [0.05, 0.1) is 30.9 Å². The predicted molar refractivity (Wildman–Crippen MR) is 70.0 cm³/mol. The van der Waals surface area contributed by atoms with Crippen LogP contribution in [0, 0.1) is 0 Å². The van der Waals surface area contributed by atoms with Crippen molar-refractivity contribution in [2.45, 2.75) is 51.0 Å². The van der Waals surface area contributed by atoms with Crippen molar-refractivity contribution in [2.75, 3.05) is 26.3 Å². The molecule has 0 aromatic heterocycles. The van der Waals surface area contributed by atoms with E-state index < -0.39 is 23.3 Å². The molecule has 110 valence electrons. The second kappa shape index (κ2) is 4.92. The van der Waals surface area contributed by atoms with E-state index in [2.05, 4.69) is 10.2 Å². The van der Waals surface area contributed by atoms with Gasteiger partial charge in [0.1, 0.15) is 5.60 Å². The molecule has 0 aromatic carbocycles. The average molecular weight is 272 g/mol. The summed E-state index contributed by atoms with van der Waals surface area (Å²) < 4.78 is 10.7. The summed E-state index contributed by atoms with van der Waals surface area (Å²) in [6.07, 6.45) is -1.14. The second-order valence-electron chi connectivity index (χ2n) is 6.55. The van der Waals surface area contributed by atoms with Crippen molar-refractivity contribution in [3.63, 3.8) is 0 Å². The summed E-state index contributed by atoms with van der Waals surface area (Å²) in [6, 6.07) is -0.318. The summed E-state index contributed by atoms with van der Waals surface area (Å²) in [7, 11) is 0. The molecule has 2 rings (SSSR count). The van der Waals surface area contributed by atoms with Gasteiger partial charge in [0.25, 0.3) is 0 Å². The Balaban J connectivity index is 1.97. The highest BCUT2D eigenvalue weighted by Crippen LogP contribution is 2.32. The molecule has 2 saturated heterocycles. The molecule has 1 amide bonds. The zero-order valence-electron chi connectivity index (χ0n) is 12.1. The fourth-order valence-corrected chi connectivity index (χ4v) is 2.73. The Morgan fingerprint density at radius 2 is 2.21 bits per heavy atom. The van der Waals surface area contributed by atoms with Crippen LogP contribution in [0.25, 0.3) is 0 Å². The highest BCUT2D eigenvalue weighted by atomic mass is 16.6. The lowest BCUT2D eigenvalue weighted by atomic mass is 9.94. The monoisotopic (exact) mass is 272 g/mol. The van der Waals surface area contributed by atoms with Gasteiger partial charge in [0.15, 0.2) is 0 Å². The fraction of sp³-hybridized carbons (Fsp3) is 0.923. The minimum atomic E-state index is -0.652. The van der Waals surface area contributed by atoms with Gasteiger partial charge in [-0.25, -0.2) is 4.79 Å². The molecule has 2 fully saturated rings. The van der Waals surface area contributed by atoms with E-state index in [9.17, 15) is 9.90 Å². The number of carbonyl (C=O) groups is 1. The maximum atomic E-state index is 11.8. The van der Waals surface area contributed by atoms with Crippen molar-refractivity contribution >= 4 is 6.09 Å². The van der Waals surface area contributed by atoms with Gasteiger partial charge >= 0.3 is 6.09 Å². The van der Waals surface area contributed by atoms with E-state index in [0.717, 1.165) is 6.54 Å². The number of rotatable bonds is 1. The van der Waals surface area contributed by atoms with Crippen molar-refractivity contribution < 1.29 is 19.4 Å². The van der Waals surface area contributed by atoms with E-state index in [1.165, 1.54) is 0 Å². The number of alkyl carbamates (subject to hydrolysis) is 1. The molecular weight excluding hydrogens is 248 g/mol. The first-order valence-corrected chi connectivity index (χ1v) is 6.73. The van der Waals surface area contributed by atoms with Gasteiger partial charge in [0, 0.05) is 13.1 Å². The number of aliphatic hydroxyl groups is 1. The molecule has 6 nitrogen and oxygen atoms in total. The summed E-state index contributed by atoms with van der Waals surface area (Å²) in [6.45, 7) is 9.97. The normalized spacial score (nSPS) is 35.8. The Labute approximate surface area is 114 Å². The number of hydrogen-bond acceptors (Lipinski definition) is 5. The van der Waals surface area contributed by atoms with Crippen LogP contribution in [0.15, 0.2) is 0 Å². The highest BCUT2D eigenvalue weighted by Gasteiger charge is 2.52. The van der Waals surface area contributed by atoms with Crippen molar-refractivity contribution in [1.29, 1.82) is 0 Å². The van der Waals surface area contributed by atoms with Gasteiger partial charge in [-0.05, 0) is 27.7 Å². The Bertz CT molecular complexity index is 355. The van der Waals surface area contributed by atoms with Crippen LogP contribution in [-0.2, 0) is 9.47 Å². The van der Waals surface area contributed by atoms with Gasteiger partial charge in [-0.1, -0.05) is 0 Å². The van der Waals surface area contributed by atoms with E-state index in [-0.39, 0.29) is 6.04 Å². The lowest BCUT2D eigenvalue weighted by molar-refractivity contribution is -0.0785. The minimum absolute atomic E-state index is 0.318. The highest BCUT2D eigenvalue weighted by molar-refractivity contribution is 5.68. The molecule has 2 aliphatic rings. The maximum Gasteiger partial charge on any atom is 0.408 e. The fourth-order valence-electron chi connectivity index (χ4n) is 2.73. The summed E-state index contributed by atoms with van der Waals surface area (Å²) in [5.74, 6) is 0. The SMILES string of the molecule is CC(C)(C)OC(=O)N[C@H]1CN2CCOCC2(C)[C@@H]1O. The molecule has 0 aliphatic carbocycles. The molecule has 0 aromatic rings. The van der Waals surface area contributed by atoms with E-state index in [4.69, 9.17) is 9.47 Å². The van der Waals surface area contributed by atoms with Gasteiger partial charge in [0.2, 0.25) is 0 Å². The number of nitrogens with zero attached hydrogens (tertiary/aromatic N) is 1. The zero-order chi connectivity index (χ0) is 14.3. The van der Waals surface area contributed by atoms with Crippen molar-refractivity contribution in [1.82, 2.24) is 10.2 Å².